The van der Waals surface area contributed by atoms with Crippen LogP contribution in [0.1, 0.15) is 50.3 Å². The van der Waals surface area contributed by atoms with Gasteiger partial charge in [-0.25, -0.2) is 8.78 Å². The highest BCUT2D eigenvalue weighted by atomic mass is 19.1. The van der Waals surface area contributed by atoms with E-state index in [0.29, 0.717) is 12.1 Å². The molecule has 1 atom stereocenters. The zero-order valence-electron chi connectivity index (χ0n) is 10.8. The number of hydrogen-bond donors (Lipinski definition) is 1. The third-order valence-corrected chi connectivity index (χ3v) is 2.96. The van der Waals surface area contributed by atoms with Crippen LogP contribution in [0.4, 0.5) is 8.78 Å². The lowest BCUT2D eigenvalue weighted by molar-refractivity contribution is 0.441. The summed E-state index contributed by atoms with van der Waals surface area (Å²) < 4.78 is 27.7. The average molecular weight is 241 g/mol. The second-order valence-corrected chi connectivity index (χ2v) is 4.34. The smallest absolute Gasteiger partial charge is 0.133 e. The lowest BCUT2D eigenvalue weighted by Crippen LogP contribution is -2.23. The summed E-state index contributed by atoms with van der Waals surface area (Å²) in [6.07, 6.45) is 2.75. The van der Waals surface area contributed by atoms with Gasteiger partial charge in [0.2, 0.25) is 0 Å². The van der Waals surface area contributed by atoms with Crippen molar-refractivity contribution in [1.29, 1.82) is 0 Å². The number of rotatable bonds is 6. The standard InChI is InChI=1S/C14H21F2N/c1-4-6-7-12(17-5-2)13-11(15)9-8-10(3)14(13)16/h8-9,12,17H,4-7H2,1-3H3. The maximum Gasteiger partial charge on any atom is 0.133 e. The first-order valence-corrected chi connectivity index (χ1v) is 6.29. The molecule has 0 aliphatic heterocycles. The molecule has 1 aromatic rings. The van der Waals surface area contributed by atoms with Gasteiger partial charge in [-0.3, -0.25) is 0 Å². The molecule has 0 saturated heterocycles. The quantitative estimate of drug-likeness (QED) is 0.790. The summed E-state index contributed by atoms with van der Waals surface area (Å²) in [7, 11) is 0. The number of hydrogen-bond acceptors (Lipinski definition) is 1. The Labute approximate surface area is 102 Å². The molecule has 0 amide bonds. The van der Waals surface area contributed by atoms with E-state index < -0.39 is 11.6 Å². The average Bonchev–Trinajstić information content (AvgIpc) is 2.31. The predicted molar refractivity (Wildman–Crippen MR) is 67.0 cm³/mol. The Morgan fingerprint density at radius 3 is 2.53 bits per heavy atom. The van der Waals surface area contributed by atoms with Crippen molar-refractivity contribution in [2.75, 3.05) is 6.54 Å². The van der Waals surface area contributed by atoms with E-state index in [9.17, 15) is 8.78 Å². The fourth-order valence-corrected chi connectivity index (χ4v) is 2.00. The Morgan fingerprint density at radius 2 is 1.94 bits per heavy atom. The molecule has 0 aromatic heterocycles. The van der Waals surface area contributed by atoms with Gasteiger partial charge in [-0.05, 0) is 31.5 Å². The second kappa shape index (κ2) is 6.70. The first-order chi connectivity index (χ1) is 8.11. The molecule has 1 aromatic carbocycles. The molecule has 1 rings (SSSR count). The first kappa shape index (κ1) is 14.1. The largest absolute Gasteiger partial charge is 0.310 e. The Kier molecular flexibility index (Phi) is 5.56. The van der Waals surface area contributed by atoms with E-state index in [1.807, 2.05) is 6.92 Å². The molecule has 0 aliphatic carbocycles. The van der Waals surface area contributed by atoms with E-state index in [1.54, 1.807) is 6.92 Å². The van der Waals surface area contributed by atoms with Gasteiger partial charge >= 0.3 is 0 Å². The molecule has 3 heteroatoms. The van der Waals surface area contributed by atoms with E-state index in [4.69, 9.17) is 0 Å². The molecule has 0 saturated carbocycles. The molecular formula is C14H21F2N. The van der Waals surface area contributed by atoms with Gasteiger partial charge in [-0.1, -0.05) is 32.8 Å². The van der Waals surface area contributed by atoms with Crippen molar-refractivity contribution in [1.82, 2.24) is 5.32 Å². The molecule has 0 bridgehead atoms. The van der Waals surface area contributed by atoms with Crippen molar-refractivity contribution >= 4 is 0 Å². The zero-order chi connectivity index (χ0) is 12.8. The zero-order valence-corrected chi connectivity index (χ0v) is 10.8. The van der Waals surface area contributed by atoms with Crippen molar-refractivity contribution in [2.45, 2.75) is 46.1 Å². The van der Waals surface area contributed by atoms with E-state index in [0.717, 1.165) is 19.3 Å². The van der Waals surface area contributed by atoms with Crippen molar-refractivity contribution in [3.8, 4) is 0 Å². The van der Waals surface area contributed by atoms with Gasteiger partial charge in [-0.2, -0.15) is 0 Å². The molecule has 96 valence electrons. The van der Waals surface area contributed by atoms with Gasteiger partial charge in [0.1, 0.15) is 11.6 Å². The predicted octanol–water partition coefficient (Wildman–Crippen LogP) is 4.11. The number of aryl methyl sites for hydroxylation is 1. The summed E-state index contributed by atoms with van der Waals surface area (Å²) in [5, 5.41) is 3.16. The minimum atomic E-state index is -0.449. The summed E-state index contributed by atoms with van der Waals surface area (Å²) in [6.45, 7) is 6.40. The van der Waals surface area contributed by atoms with Gasteiger partial charge in [0, 0.05) is 11.6 Å². The van der Waals surface area contributed by atoms with Crippen molar-refractivity contribution in [2.24, 2.45) is 0 Å². The highest BCUT2D eigenvalue weighted by molar-refractivity contribution is 5.29. The van der Waals surface area contributed by atoms with Crippen molar-refractivity contribution in [3.63, 3.8) is 0 Å². The van der Waals surface area contributed by atoms with E-state index in [-0.39, 0.29) is 11.6 Å². The highest BCUT2D eigenvalue weighted by Gasteiger charge is 2.20. The fourth-order valence-electron chi connectivity index (χ4n) is 2.00. The summed E-state index contributed by atoms with van der Waals surface area (Å²) in [4.78, 5) is 0. The topological polar surface area (TPSA) is 12.0 Å². The molecule has 0 radical (unpaired) electrons. The Hall–Kier alpha value is -0.960. The molecule has 1 unspecified atom stereocenters. The Bertz CT molecular complexity index is 363. The molecule has 17 heavy (non-hydrogen) atoms. The fraction of sp³-hybridized carbons (Fsp3) is 0.571. The number of benzene rings is 1. The number of halogens is 2. The van der Waals surface area contributed by atoms with Gasteiger partial charge < -0.3 is 5.32 Å². The maximum atomic E-state index is 14.0. The van der Waals surface area contributed by atoms with Crippen LogP contribution in [0.15, 0.2) is 12.1 Å². The third kappa shape index (κ3) is 3.50. The summed E-state index contributed by atoms with van der Waals surface area (Å²) in [5.74, 6) is -0.859. The van der Waals surface area contributed by atoms with Crippen molar-refractivity contribution < 1.29 is 8.78 Å². The van der Waals surface area contributed by atoms with Crippen LogP contribution in [0.25, 0.3) is 0 Å². The highest BCUT2D eigenvalue weighted by Crippen LogP contribution is 2.26. The lowest BCUT2D eigenvalue weighted by Gasteiger charge is -2.20. The van der Waals surface area contributed by atoms with E-state index in [2.05, 4.69) is 12.2 Å². The normalized spacial score (nSPS) is 12.8. The van der Waals surface area contributed by atoms with Crippen LogP contribution in [-0.4, -0.2) is 6.54 Å². The first-order valence-electron chi connectivity index (χ1n) is 6.29. The second-order valence-electron chi connectivity index (χ2n) is 4.34. The monoisotopic (exact) mass is 241 g/mol. The van der Waals surface area contributed by atoms with Crippen LogP contribution in [0.2, 0.25) is 0 Å². The van der Waals surface area contributed by atoms with Crippen LogP contribution in [0.5, 0.6) is 0 Å². The summed E-state index contributed by atoms with van der Waals surface area (Å²) in [5.41, 5.74) is 0.695. The molecule has 0 fully saturated rings. The van der Waals surface area contributed by atoms with Gasteiger partial charge in [0.15, 0.2) is 0 Å². The molecule has 1 N–H and O–H groups in total. The number of unbranched alkanes of at least 4 members (excludes halogenated alkanes) is 1. The van der Waals surface area contributed by atoms with E-state index in [1.165, 1.54) is 12.1 Å². The summed E-state index contributed by atoms with van der Waals surface area (Å²) >= 11 is 0. The van der Waals surface area contributed by atoms with Crippen LogP contribution >= 0.6 is 0 Å². The maximum absolute atomic E-state index is 14.0. The molecule has 1 nitrogen and oxygen atoms in total. The summed E-state index contributed by atoms with van der Waals surface area (Å²) in [6, 6.07) is 2.61. The molecule has 0 aliphatic rings. The van der Waals surface area contributed by atoms with Crippen LogP contribution in [-0.2, 0) is 0 Å². The minimum Gasteiger partial charge on any atom is -0.310 e. The van der Waals surface area contributed by atoms with Gasteiger partial charge in [0.05, 0.1) is 0 Å². The minimum absolute atomic E-state index is 0.195. The van der Waals surface area contributed by atoms with Gasteiger partial charge in [-0.15, -0.1) is 0 Å². The molecule has 0 heterocycles. The lowest BCUT2D eigenvalue weighted by atomic mass is 9.98. The van der Waals surface area contributed by atoms with Crippen LogP contribution < -0.4 is 5.32 Å². The molecule has 0 spiro atoms. The van der Waals surface area contributed by atoms with Crippen LogP contribution in [0, 0.1) is 18.6 Å². The van der Waals surface area contributed by atoms with Gasteiger partial charge in [0.25, 0.3) is 0 Å². The number of nitrogens with one attached hydrogen (secondary N) is 1. The van der Waals surface area contributed by atoms with Crippen molar-refractivity contribution in [3.05, 3.63) is 34.9 Å². The molecular weight excluding hydrogens is 220 g/mol. The SMILES string of the molecule is CCCCC(NCC)c1c(F)ccc(C)c1F. The third-order valence-electron chi connectivity index (χ3n) is 2.96. The van der Waals surface area contributed by atoms with E-state index >= 15 is 0 Å². The Balaban J connectivity index is 3.03. The van der Waals surface area contributed by atoms with Crippen LogP contribution in [0.3, 0.4) is 0 Å². The Morgan fingerprint density at radius 1 is 1.24 bits per heavy atom.